The molecule has 5 nitrogen and oxygen atoms in total. The fourth-order valence-electron chi connectivity index (χ4n) is 3.52. The van der Waals surface area contributed by atoms with Gasteiger partial charge in [0.15, 0.2) is 0 Å². The Balaban J connectivity index is 1.86. The molecule has 1 aromatic heterocycles. The topological polar surface area (TPSA) is 66.8 Å². The molecule has 1 N–H and O–H groups in total. The SMILES string of the molecule is COc1cccc(/C(O)=C2\C(=O)C(=O)N(Cc3cccs3)C2c2ccccc2)c1. The largest absolute Gasteiger partial charge is 0.507 e. The van der Waals surface area contributed by atoms with Crippen LogP contribution in [0.3, 0.4) is 0 Å². The van der Waals surface area contributed by atoms with Gasteiger partial charge in [0.05, 0.1) is 25.3 Å². The lowest BCUT2D eigenvalue weighted by atomic mass is 9.95. The number of hydrogen-bond donors (Lipinski definition) is 1. The van der Waals surface area contributed by atoms with E-state index in [9.17, 15) is 14.7 Å². The van der Waals surface area contributed by atoms with Gasteiger partial charge in [-0.1, -0.05) is 48.5 Å². The molecule has 1 fully saturated rings. The predicted octanol–water partition coefficient (Wildman–Crippen LogP) is 4.38. The number of amides is 1. The van der Waals surface area contributed by atoms with Crippen molar-refractivity contribution < 1.29 is 19.4 Å². The Morgan fingerprint density at radius 3 is 2.55 bits per heavy atom. The van der Waals surface area contributed by atoms with Crippen molar-refractivity contribution in [2.24, 2.45) is 0 Å². The van der Waals surface area contributed by atoms with Gasteiger partial charge in [0, 0.05) is 10.4 Å². The first-order chi connectivity index (χ1) is 14.1. The van der Waals surface area contributed by atoms with Gasteiger partial charge in [-0.05, 0) is 29.1 Å². The van der Waals surface area contributed by atoms with E-state index in [0.717, 1.165) is 10.4 Å². The molecule has 2 heterocycles. The number of thiophene rings is 1. The molecule has 1 aliphatic heterocycles. The van der Waals surface area contributed by atoms with Gasteiger partial charge in [-0.25, -0.2) is 0 Å². The molecule has 29 heavy (non-hydrogen) atoms. The van der Waals surface area contributed by atoms with Crippen molar-refractivity contribution >= 4 is 28.8 Å². The lowest BCUT2D eigenvalue weighted by molar-refractivity contribution is -0.140. The van der Waals surface area contributed by atoms with Crippen LogP contribution >= 0.6 is 11.3 Å². The fourth-order valence-corrected chi connectivity index (χ4v) is 4.22. The van der Waals surface area contributed by atoms with Gasteiger partial charge in [0.2, 0.25) is 0 Å². The van der Waals surface area contributed by atoms with E-state index in [4.69, 9.17) is 4.74 Å². The summed E-state index contributed by atoms with van der Waals surface area (Å²) in [5.74, 6) is -0.949. The number of rotatable bonds is 5. The molecular formula is C23H19NO4S. The average Bonchev–Trinajstić information content (AvgIpc) is 3.36. The zero-order valence-electron chi connectivity index (χ0n) is 15.7. The minimum Gasteiger partial charge on any atom is -0.507 e. The second-order valence-corrected chi connectivity index (χ2v) is 7.68. The number of Topliss-reactive ketones (excluding diaryl/α,β-unsaturated/α-hetero) is 1. The first kappa shape index (κ1) is 19.0. The van der Waals surface area contributed by atoms with Crippen molar-refractivity contribution in [2.45, 2.75) is 12.6 Å². The highest BCUT2D eigenvalue weighted by Crippen LogP contribution is 2.40. The van der Waals surface area contributed by atoms with Gasteiger partial charge in [0.1, 0.15) is 11.5 Å². The summed E-state index contributed by atoms with van der Waals surface area (Å²) >= 11 is 1.52. The summed E-state index contributed by atoms with van der Waals surface area (Å²) in [6.07, 6.45) is 0. The van der Waals surface area contributed by atoms with Crippen LogP contribution in [0.2, 0.25) is 0 Å². The molecule has 1 saturated heterocycles. The highest BCUT2D eigenvalue weighted by Gasteiger charge is 2.46. The molecule has 1 aliphatic rings. The number of ketones is 1. The van der Waals surface area contributed by atoms with Gasteiger partial charge in [-0.15, -0.1) is 11.3 Å². The molecule has 1 amide bonds. The van der Waals surface area contributed by atoms with Crippen LogP contribution in [-0.2, 0) is 16.1 Å². The van der Waals surface area contributed by atoms with E-state index in [1.165, 1.54) is 23.3 Å². The van der Waals surface area contributed by atoms with E-state index < -0.39 is 17.7 Å². The molecule has 4 rings (SSSR count). The van der Waals surface area contributed by atoms with Crippen molar-refractivity contribution in [3.05, 3.63) is 93.7 Å². The Labute approximate surface area is 172 Å². The van der Waals surface area contributed by atoms with E-state index in [-0.39, 0.29) is 11.3 Å². The lowest BCUT2D eigenvalue weighted by Gasteiger charge is -2.24. The number of hydrogen-bond acceptors (Lipinski definition) is 5. The number of methoxy groups -OCH3 is 1. The molecule has 0 bridgehead atoms. The maximum Gasteiger partial charge on any atom is 0.295 e. The Morgan fingerprint density at radius 2 is 1.86 bits per heavy atom. The summed E-state index contributed by atoms with van der Waals surface area (Å²) in [7, 11) is 1.53. The van der Waals surface area contributed by atoms with Crippen LogP contribution in [0.1, 0.15) is 22.0 Å². The number of carbonyl (C=O) groups excluding carboxylic acids is 2. The lowest BCUT2D eigenvalue weighted by Crippen LogP contribution is -2.28. The van der Waals surface area contributed by atoms with E-state index in [0.29, 0.717) is 17.9 Å². The molecule has 1 unspecified atom stereocenters. The van der Waals surface area contributed by atoms with Crippen LogP contribution in [0.15, 0.2) is 77.7 Å². The summed E-state index contributed by atoms with van der Waals surface area (Å²) in [5.41, 5.74) is 1.29. The summed E-state index contributed by atoms with van der Waals surface area (Å²) < 4.78 is 5.22. The van der Waals surface area contributed by atoms with Crippen LogP contribution in [-0.4, -0.2) is 28.8 Å². The number of ether oxygens (including phenoxy) is 1. The minimum absolute atomic E-state index is 0.0889. The third-order valence-electron chi connectivity index (χ3n) is 4.90. The van der Waals surface area contributed by atoms with Crippen molar-refractivity contribution in [1.82, 2.24) is 4.90 Å². The van der Waals surface area contributed by atoms with Gasteiger partial charge >= 0.3 is 0 Å². The van der Waals surface area contributed by atoms with Crippen molar-refractivity contribution in [3.63, 3.8) is 0 Å². The summed E-state index contributed by atoms with van der Waals surface area (Å²) in [6.45, 7) is 0.302. The first-order valence-corrected chi connectivity index (χ1v) is 9.98. The number of benzene rings is 2. The Bertz CT molecular complexity index is 1070. The molecule has 3 aromatic rings. The van der Waals surface area contributed by atoms with E-state index in [2.05, 4.69) is 0 Å². The highest BCUT2D eigenvalue weighted by molar-refractivity contribution is 7.09. The standard InChI is InChI=1S/C23H19NO4S/c1-28-17-10-5-9-16(13-17)21(25)19-20(15-7-3-2-4-8-15)24(23(27)22(19)26)14-18-11-6-12-29-18/h2-13,20,25H,14H2,1H3/b21-19+. The third kappa shape index (κ3) is 3.54. The molecule has 0 aliphatic carbocycles. The first-order valence-electron chi connectivity index (χ1n) is 9.10. The monoisotopic (exact) mass is 405 g/mol. The predicted molar refractivity (Wildman–Crippen MR) is 112 cm³/mol. The Morgan fingerprint density at radius 1 is 1.07 bits per heavy atom. The zero-order valence-corrected chi connectivity index (χ0v) is 16.6. The van der Waals surface area contributed by atoms with Crippen LogP contribution < -0.4 is 4.74 Å². The highest BCUT2D eigenvalue weighted by atomic mass is 32.1. The quantitative estimate of drug-likeness (QED) is 0.389. The van der Waals surface area contributed by atoms with Gasteiger partial charge in [-0.3, -0.25) is 9.59 Å². The molecule has 0 radical (unpaired) electrons. The Hall–Kier alpha value is -3.38. The zero-order chi connectivity index (χ0) is 20.4. The van der Waals surface area contributed by atoms with E-state index >= 15 is 0 Å². The van der Waals surface area contributed by atoms with Crippen molar-refractivity contribution in [1.29, 1.82) is 0 Å². The molecule has 2 aromatic carbocycles. The number of likely N-dealkylation sites (tertiary alicyclic amines) is 1. The van der Waals surface area contributed by atoms with Crippen molar-refractivity contribution in [3.8, 4) is 5.75 Å². The van der Waals surface area contributed by atoms with Gasteiger partial charge in [-0.2, -0.15) is 0 Å². The molecule has 1 atom stereocenters. The number of carbonyl (C=O) groups is 2. The maximum absolute atomic E-state index is 13.0. The average molecular weight is 405 g/mol. The van der Waals surface area contributed by atoms with Crippen LogP contribution in [0.4, 0.5) is 0 Å². The molecule has 0 saturated carbocycles. The maximum atomic E-state index is 13.0. The fraction of sp³-hybridized carbons (Fsp3) is 0.130. The number of nitrogens with zero attached hydrogens (tertiary/aromatic N) is 1. The summed E-state index contributed by atoms with van der Waals surface area (Å²) in [6, 6.07) is 19.3. The smallest absolute Gasteiger partial charge is 0.295 e. The molecule has 6 heteroatoms. The van der Waals surface area contributed by atoms with Crippen LogP contribution in [0.5, 0.6) is 5.75 Å². The van der Waals surface area contributed by atoms with Gasteiger partial charge < -0.3 is 14.7 Å². The van der Waals surface area contributed by atoms with Gasteiger partial charge in [0.25, 0.3) is 11.7 Å². The number of aliphatic hydroxyl groups is 1. The van der Waals surface area contributed by atoms with Crippen LogP contribution in [0.25, 0.3) is 5.76 Å². The second-order valence-electron chi connectivity index (χ2n) is 6.65. The van der Waals surface area contributed by atoms with E-state index in [1.54, 1.807) is 24.3 Å². The second kappa shape index (κ2) is 7.93. The normalized spacial score (nSPS) is 18.2. The summed E-state index contributed by atoms with van der Waals surface area (Å²) in [5, 5.41) is 13.0. The molecule has 0 spiro atoms. The molecular weight excluding hydrogens is 386 g/mol. The Kier molecular flexibility index (Phi) is 5.18. The van der Waals surface area contributed by atoms with E-state index in [1.807, 2.05) is 47.8 Å². The third-order valence-corrected chi connectivity index (χ3v) is 5.77. The van der Waals surface area contributed by atoms with Crippen molar-refractivity contribution in [2.75, 3.05) is 7.11 Å². The van der Waals surface area contributed by atoms with Crippen LogP contribution in [0, 0.1) is 0 Å². The minimum atomic E-state index is -0.685. The molecule has 146 valence electrons. The number of aliphatic hydroxyl groups excluding tert-OH is 1. The summed E-state index contributed by atoms with van der Waals surface area (Å²) in [4.78, 5) is 28.3.